The van der Waals surface area contributed by atoms with Gasteiger partial charge in [-0.05, 0) is 48.7 Å². The molecule has 0 spiro atoms. The zero-order chi connectivity index (χ0) is 17.1. The Kier molecular flexibility index (Phi) is 5.14. The molecule has 0 aliphatic carbocycles. The van der Waals surface area contributed by atoms with Crippen molar-refractivity contribution in [1.29, 1.82) is 0 Å². The predicted octanol–water partition coefficient (Wildman–Crippen LogP) is 3.59. The topological polar surface area (TPSA) is 64.4 Å². The van der Waals surface area contributed by atoms with Crippen LogP contribution >= 0.6 is 11.6 Å². The van der Waals surface area contributed by atoms with Crippen LogP contribution in [-0.2, 0) is 9.53 Å². The maximum absolute atomic E-state index is 13.7. The molecular weight excluding hydrogens is 331 g/mol. The number of carbonyl (C=O) groups is 1. The molecule has 3 rings (SSSR count). The molecule has 1 aliphatic heterocycles. The molecule has 1 fully saturated rings. The first kappa shape index (κ1) is 16.9. The van der Waals surface area contributed by atoms with Crippen LogP contribution in [0.2, 0.25) is 5.02 Å². The minimum atomic E-state index is -0.526. The number of hydrogen-bond acceptors (Lipinski definition) is 3. The molecule has 6 heteroatoms. The van der Waals surface area contributed by atoms with Crippen molar-refractivity contribution < 1.29 is 13.9 Å². The normalized spacial score (nSPS) is 20.1. The van der Waals surface area contributed by atoms with Crippen LogP contribution in [0.15, 0.2) is 42.5 Å². The summed E-state index contributed by atoms with van der Waals surface area (Å²) in [6.07, 6.45) is 0.791. The van der Waals surface area contributed by atoms with E-state index >= 15 is 0 Å². The number of anilines is 1. The molecule has 2 aromatic carbocycles. The lowest BCUT2D eigenvalue weighted by Gasteiger charge is -2.15. The Morgan fingerprint density at radius 1 is 1.25 bits per heavy atom. The molecule has 0 saturated carbocycles. The third kappa shape index (κ3) is 3.75. The average Bonchev–Trinajstić information content (AvgIpc) is 3.06. The molecule has 1 heterocycles. The van der Waals surface area contributed by atoms with E-state index < -0.39 is 6.10 Å². The Bertz CT molecular complexity index is 736. The van der Waals surface area contributed by atoms with E-state index in [-0.39, 0.29) is 17.8 Å². The molecule has 0 aromatic heterocycles. The van der Waals surface area contributed by atoms with Crippen molar-refractivity contribution in [2.24, 2.45) is 5.73 Å². The molecule has 1 saturated heterocycles. The highest BCUT2D eigenvalue weighted by Gasteiger charge is 2.30. The number of rotatable bonds is 4. The lowest BCUT2D eigenvalue weighted by Crippen LogP contribution is -2.30. The van der Waals surface area contributed by atoms with Crippen LogP contribution in [0.4, 0.5) is 10.1 Å². The lowest BCUT2D eigenvalue weighted by molar-refractivity contribution is -0.126. The van der Waals surface area contributed by atoms with Crippen molar-refractivity contribution in [1.82, 2.24) is 0 Å². The first-order valence-corrected chi connectivity index (χ1v) is 8.16. The van der Waals surface area contributed by atoms with Gasteiger partial charge in [0.25, 0.3) is 5.91 Å². The van der Waals surface area contributed by atoms with Gasteiger partial charge in [0.05, 0.1) is 6.10 Å². The third-order valence-corrected chi connectivity index (χ3v) is 4.31. The number of ether oxygens (including phenoxy) is 1. The fourth-order valence-electron chi connectivity index (χ4n) is 2.78. The molecule has 2 atom stereocenters. The summed E-state index contributed by atoms with van der Waals surface area (Å²) in [5, 5.41) is 3.42. The van der Waals surface area contributed by atoms with Crippen LogP contribution in [0.1, 0.15) is 12.8 Å². The average molecular weight is 349 g/mol. The summed E-state index contributed by atoms with van der Waals surface area (Å²) in [6.45, 7) is 0.399. The van der Waals surface area contributed by atoms with E-state index in [9.17, 15) is 9.18 Å². The van der Waals surface area contributed by atoms with Crippen molar-refractivity contribution in [3.63, 3.8) is 0 Å². The SMILES string of the molecule is NC[C@H]1CC[C@@H](C(=O)Nc2ccc(F)cc2-c2ccc(Cl)cc2)O1. The number of carbonyl (C=O) groups excluding carboxylic acids is 1. The molecule has 0 unspecified atom stereocenters. The predicted molar refractivity (Wildman–Crippen MR) is 92.4 cm³/mol. The quantitative estimate of drug-likeness (QED) is 0.887. The van der Waals surface area contributed by atoms with Crippen molar-refractivity contribution in [2.75, 3.05) is 11.9 Å². The van der Waals surface area contributed by atoms with Gasteiger partial charge in [-0.2, -0.15) is 0 Å². The maximum Gasteiger partial charge on any atom is 0.253 e. The minimum absolute atomic E-state index is 0.0790. The van der Waals surface area contributed by atoms with Crippen LogP contribution in [0.25, 0.3) is 11.1 Å². The zero-order valence-electron chi connectivity index (χ0n) is 13.0. The van der Waals surface area contributed by atoms with Gasteiger partial charge in [0.2, 0.25) is 0 Å². The van der Waals surface area contributed by atoms with E-state index in [1.807, 2.05) is 0 Å². The van der Waals surface area contributed by atoms with E-state index in [0.717, 1.165) is 12.0 Å². The van der Waals surface area contributed by atoms with Gasteiger partial charge in [0, 0.05) is 22.8 Å². The summed E-state index contributed by atoms with van der Waals surface area (Å²) >= 11 is 5.90. The Morgan fingerprint density at radius 3 is 2.67 bits per heavy atom. The monoisotopic (exact) mass is 348 g/mol. The first-order valence-electron chi connectivity index (χ1n) is 7.78. The van der Waals surface area contributed by atoms with E-state index in [2.05, 4.69) is 5.32 Å². The van der Waals surface area contributed by atoms with E-state index in [0.29, 0.717) is 29.2 Å². The van der Waals surface area contributed by atoms with Crippen LogP contribution in [0, 0.1) is 5.82 Å². The minimum Gasteiger partial charge on any atom is -0.364 e. The second kappa shape index (κ2) is 7.30. The van der Waals surface area contributed by atoms with Crippen LogP contribution in [-0.4, -0.2) is 24.7 Å². The van der Waals surface area contributed by atoms with Gasteiger partial charge in [-0.3, -0.25) is 4.79 Å². The second-order valence-electron chi connectivity index (χ2n) is 5.75. The Labute approximate surface area is 144 Å². The Balaban J connectivity index is 1.83. The van der Waals surface area contributed by atoms with Gasteiger partial charge in [0.15, 0.2) is 0 Å². The highest BCUT2D eigenvalue weighted by Crippen LogP contribution is 2.30. The van der Waals surface area contributed by atoms with Crippen LogP contribution in [0.3, 0.4) is 0 Å². The van der Waals surface area contributed by atoms with Gasteiger partial charge in [-0.1, -0.05) is 23.7 Å². The number of nitrogens with two attached hydrogens (primary N) is 1. The number of halogens is 2. The van der Waals surface area contributed by atoms with Crippen LogP contribution in [0.5, 0.6) is 0 Å². The molecule has 1 amide bonds. The smallest absolute Gasteiger partial charge is 0.253 e. The van der Waals surface area contributed by atoms with Gasteiger partial charge in [-0.25, -0.2) is 4.39 Å². The number of hydrogen-bond donors (Lipinski definition) is 2. The molecule has 4 nitrogen and oxygen atoms in total. The fourth-order valence-corrected chi connectivity index (χ4v) is 2.90. The third-order valence-electron chi connectivity index (χ3n) is 4.06. The van der Waals surface area contributed by atoms with Gasteiger partial charge in [-0.15, -0.1) is 0 Å². The van der Waals surface area contributed by atoms with E-state index in [4.69, 9.17) is 22.1 Å². The molecule has 126 valence electrons. The summed E-state index contributed by atoms with van der Waals surface area (Å²) in [5.74, 6) is -0.619. The van der Waals surface area contributed by atoms with E-state index in [1.54, 1.807) is 30.3 Å². The lowest BCUT2D eigenvalue weighted by atomic mass is 10.0. The van der Waals surface area contributed by atoms with Crippen molar-refractivity contribution >= 4 is 23.2 Å². The summed E-state index contributed by atoms with van der Waals surface area (Å²) in [5.41, 5.74) is 7.46. The molecule has 0 bridgehead atoms. The van der Waals surface area contributed by atoms with Gasteiger partial charge in [0.1, 0.15) is 11.9 Å². The second-order valence-corrected chi connectivity index (χ2v) is 6.18. The largest absolute Gasteiger partial charge is 0.364 e. The summed E-state index contributed by atoms with van der Waals surface area (Å²) in [4.78, 5) is 12.4. The van der Waals surface area contributed by atoms with Crippen LogP contribution < -0.4 is 11.1 Å². The maximum atomic E-state index is 13.7. The standard InChI is InChI=1S/C18H18ClFN2O2/c19-12-3-1-11(2-4-12)15-9-13(20)5-7-16(15)22-18(23)17-8-6-14(10-21)24-17/h1-5,7,9,14,17H,6,8,10,21H2,(H,22,23)/t14-,17+/m1/s1. The van der Waals surface area contributed by atoms with E-state index in [1.165, 1.54) is 12.1 Å². The van der Waals surface area contributed by atoms with Gasteiger partial charge >= 0.3 is 0 Å². The molecule has 0 radical (unpaired) electrons. The Morgan fingerprint density at radius 2 is 2.00 bits per heavy atom. The van der Waals surface area contributed by atoms with Crippen molar-refractivity contribution in [3.05, 3.63) is 53.3 Å². The first-order chi connectivity index (χ1) is 11.6. The fraction of sp³-hybridized carbons (Fsp3) is 0.278. The molecule has 1 aliphatic rings. The highest BCUT2D eigenvalue weighted by molar-refractivity contribution is 6.30. The molecular formula is C18H18ClFN2O2. The summed E-state index contributed by atoms with van der Waals surface area (Å²) < 4.78 is 19.3. The number of nitrogens with one attached hydrogen (secondary N) is 1. The number of amides is 1. The summed E-state index contributed by atoms with van der Waals surface area (Å²) in [6, 6.07) is 11.3. The van der Waals surface area contributed by atoms with Gasteiger partial charge < -0.3 is 15.8 Å². The molecule has 24 heavy (non-hydrogen) atoms. The van der Waals surface area contributed by atoms with Crippen molar-refractivity contribution in [3.8, 4) is 11.1 Å². The highest BCUT2D eigenvalue weighted by atomic mass is 35.5. The summed E-state index contributed by atoms with van der Waals surface area (Å²) in [7, 11) is 0. The zero-order valence-corrected chi connectivity index (χ0v) is 13.7. The molecule has 3 N–H and O–H groups in total. The van der Waals surface area contributed by atoms with Crippen molar-refractivity contribution in [2.45, 2.75) is 25.0 Å². The number of benzene rings is 2. The Hall–Kier alpha value is -1.95. The molecule has 2 aromatic rings.